The molecule has 1 aliphatic carbocycles. The molecule has 0 spiro atoms. The van der Waals surface area contributed by atoms with E-state index in [4.69, 9.17) is 5.73 Å². The second kappa shape index (κ2) is 5.89. The SMILES string of the molecule is CCC(CC)CNC1(CN)CC(C)N(C2CC2)C1. The summed E-state index contributed by atoms with van der Waals surface area (Å²) in [5, 5.41) is 3.82. The summed E-state index contributed by atoms with van der Waals surface area (Å²) in [4.78, 5) is 2.69. The fourth-order valence-corrected chi connectivity index (χ4v) is 3.43. The standard InChI is InChI=1S/C15H31N3/c1-4-13(5-2)9-17-15(10-16)8-12(3)18(11-15)14-6-7-14/h12-14,17H,4-11,16H2,1-3H3. The summed E-state index contributed by atoms with van der Waals surface area (Å²) in [5.74, 6) is 0.804. The summed E-state index contributed by atoms with van der Waals surface area (Å²) in [7, 11) is 0. The van der Waals surface area contributed by atoms with Crippen LogP contribution in [0.15, 0.2) is 0 Å². The van der Waals surface area contributed by atoms with Crippen LogP contribution in [-0.2, 0) is 0 Å². The van der Waals surface area contributed by atoms with Gasteiger partial charge < -0.3 is 11.1 Å². The maximum Gasteiger partial charge on any atom is 0.0447 e. The van der Waals surface area contributed by atoms with Gasteiger partial charge >= 0.3 is 0 Å². The summed E-state index contributed by atoms with van der Waals surface area (Å²) in [6, 6.07) is 1.57. The maximum atomic E-state index is 6.09. The molecule has 0 aromatic heterocycles. The van der Waals surface area contributed by atoms with E-state index in [0.29, 0.717) is 6.04 Å². The minimum Gasteiger partial charge on any atom is -0.329 e. The number of nitrogens with one attached hydrogen (secondary N) is 1. The first-order valence-corrected chi connectivity index (χ1v) is 7.85. The molecule has 0 amide bonds. The highest BCUT2D eigenvalue weighted by atomic mass is 15.3. The molecule has 2 atom stereocenters. The van der Waals surface area contributed by atoms with Gasteiger partial charge in [-0.15, -0.1) is 0 Å². The van der Waals surface area contributed by atoms with Crippen molar-refractivity contribution in [3.63, 3.8) is 0 Å². The first kappa shape index (κ1) is 14.3. The lowest BCUT2D eigenvalue weighted by Crippen LogP contribution is -2.54. The van der Waals surface area contributed by atoms with Gasteiger partial charge in [-0.3, -0.25) is 4.90 Å². The van der Waals surface area contributed by atoms with Gasteiger partial charge in [-0.1, -0.05) is 26.7 Å². The van der Waals surface area contributed by atoms with Gasteiger partial charge in [-0.25, -0.2) is 0 Å². The second-order valence-corrected chi connectivity index (χ2v) is 6.50. The zero-order valence-electron chi connectivity index (χ0n) is 12.4. The van der Waals surface area contributed by atoms with Crippen molar-refractivity contribution in [2.24, 2.45) is 11.7 Å². The summed E-state index contributed by atoms with van der Waals surface area (Å²) in [5.41, 5.74) is 6.28. The highest BCUT2D eigenvalue weighted by molar-refractivity contribution is 5.05. The third-order valence-corrected chi connectivity index (χ3v) is 5.06. The molecule has 0 bridgehead atoms. The predicted molar refractivity (Wildman–Crippen MR) is 77.7 cm³/mol. The Labute approximate surface area is 112 Å². The molecular weight excluding hydrogens is 222 g/mol. The van der Waals surface area contributed by atoms with E-state index in [-0.39, 0.29) is 5.54 Å². The molecule has 106 valence electrons. The van der Waals surface area contributed by atoms with Crippen LogP contribution in [0.5, 0.6) is 0 Å². The third kappa shape index (κ3) is 3.06. The molecule has 0 aromatic rings. The van der Waals surface area contributed by atoms with Gasteiger partial charge in [0.05, 0.1) is 0 Å². The highest BCUT2D eigenvalue weighted by Gasteiger charge is 2.46. The molecule has 1 aliphatic heterocycles. The minimum absolute atomic E-state index is 0.185. The largest absolute Gasteiger partial charge is 0.329 e. The van der Waals surface area contributed by atoms with Crippen molar-refractivity contribution in [1.82, 2.24) is 10.2 Å². The molecule has 0 radical (unpaired) electrons. The molecule has 3 nitrogen and oxygen atoms in total. The Bertz CT molecular complexity index is 260. The zero-order valence-corrected chi connectivity index (χ0v) is 12.4. The Kier molecular flexibility index (Phi) is 4.68. The van der Waals surface area contributed by atoms with Gasteiger partial charge in [-0.2, -0.15) is 0 Å². The van der Waals surface area contributed by atoms with Crippen LogP contribution in [0, 0.1) is 5.92 Å². The summed E-state index contributed by atoms with van der Waals surface area (Å²) in [6.45, 7) is 10.0. The molecule has 2 aliphatic rings. The smallest absolute Gasteiger partial charge is 0.0447 e. The van der Waals surface area contributed by atoms with Gasteiger partial charge in [0.25, 0.3) is 0 Å². The number of likely N-dealkylation sites (tertiary alicyclic amines) is 1. The molecule has 1 saturated heterocycles. The van der Waals surface area contributed by atoms with Gasteiger partial charge in [0.1, 0.15) is 0 Å². The Morgan fingerprint density at radius 1 is 1.33 bits per heavy atom. The van der Waals surface area contributed by atoms with Crippen LogP contribution >= 0.6 is 0 Å². The molecule has 3 N–H and O–H groups in total. The topological polar surface area (TPSA) is 41.3 Å². The van der Waals surface area contributed by atoms with Crippen molar-refractivity contribution in [3.05, 3.63) is 0 Å². The number of rotatable bonds is 7. The van der Waals surface area contributed by atoms with Gasteiger partial charge in [0, 0.05) is 30.7 Å². The van der Waals surface area contributed by atoms with E-state index in [1.54, 1.807) is 0 Å². The summed E-state index contributed by atoms with van der Waals surface area (Å²) < 4.78 is 0. The van der Waals surface area contributed by atoms with E-state index < -0.39 is 0 Å². The van der Waals surface area contributed by atoms with Crippen molar-refractivity contribution in [2.75, 3.05) is 19.6 Å². The van der Waals surface area contributed by atoms with Crippen LogP contribution in [-0.4, -0.2) is 42.2 Å². The minimum atomic E-state index is 0.185. The van der Waals surface area contributed by atoms with Crippen LogP contribution in [0.4, 0.5) is 0 Å². The zero-order chi connectivity index (χ0) is 13.2. The molecule has 1 saturated carbocycles. The van der Waals surface area contributed by atoms with Crippen molar-refractivity contribution >= 4 is 0 Å². The van der Waals surface area contributed by atoms with E-state index in [0.717, 1.165) is 31.6 Å². The van der Waals surface area contributed by atoms with Gasteiger partial charge in [0.15, 0.2) is 0 Å². The second-order valence-electron chi connectivity index (χ2n) is 6.50. The molecule has 2 unspecified atom stereocenters. The first-order chi connectivity index (χ1) is 8.64. The van der Waals surface area contributed by atoms with Gasteiger partial charge in [0.2, 0.25) is 0 Å². The van der Waals surface area contributed by atoms with E-state index in [9.17, 15) is 0 Å². The van der Waals surface area contributed by atoms with Crippen molar-refractivity contribution in [2.45, 2.75) is 70.5 Å². The van der Waals surface area contributed by atoms with Crippen LogP contribution in [0.25, 0.3) is 0 Å². The monoisotopic (exact) mass is 253 g/mol. The fourth-order valence-electron chi connectivity index (χ4n) is 3.43. The van der Waals surface area contributed by atoms with Crippen LogP contribution in [0.3, 0.4) is 0 Å². The Morgan fingerprint density at radius 3 is 2.50 bits per heavy atom. The van der Waals surface area contributed by atoms with E-state index in [1.165, 1.54) is 32.1 Å². The van der Waals surface area contributed by atoms with E-state index in [2.05, 4.69) is 31.0 Å². The molecule has 2 fully saturated rings. The van der Waals surface area contributed by atoms with Crippen molar-refractivity contribution in [1.29, 1.82) is 0 Å². The summed E-state index contributed by atoms with van der Waals surface area (Å²) >= 11 is 0. The summed E-state index contributed by atoms with van der Waals surface area (Å²) in [6.07, 6.45) is 6.56. The molecule has 3 heteroatoms. The first-order valence-electron chi connectivity index (χ1n) is 7.85. The Morgan fingerprint density at radius 2 is 2.00 bits per heavy atom. The average molecular weight is 253 g/mol. The number of nitrogens with zero attached hydrogens (tertiary/aromatic N) is 1. The average Bonchev–Trinajstić information content (AvgIpc) is 3.16. The van der Waals surface area contributed by atoms with E-state index in [1.807, 2.05) is 0 Å². The van der Waals surface area contributed by atoms with E-state index >= 15 is 0 Å². The maximum absolute atomic E-state index is 6.09. The quantitative estimate of drug-likeness (QED) is 0.729. The number of nitrogens with two attached hydrogens (primary N) is 1. The normalized spacial score (nSPS) is 33.5. The lowest BCUT2D eigenvalue weighted by atomic mass is 9.94. The molecule has 1 heterocycles. The number of hydrogen-bond donors (Lipinski definition) is 2. The highest BCUT2D eigenvalue weighted by Crippen LogP contribution is 2.36. The van der Waals surface area contributed by atoms with Crippen LogP contribution in [0.2, 0.25) is 0 Å². The third-order valence-electron chi connectivity index (χ3n) is 5.06. The number of hydrogen-bond acceptors (Lipinski definition) is 3. The Hall–Kier alpha value is -0.120. The van der Waals surface area contributed by atoms with Crippen LogP contribution in [0.1, 0.15) is 52.9 Å². The van der Waals surface area contributed by atoms with Crippen molar-refractivity contribution < 1.29 is 0 Å². The molecule has 2 rings (SSSR count). The van der Waals surface area contributed by atoms with Gasteiger partial charge in [-0.05, 0) is 38.6 Å². The lowest BCUT2D eigenvalue weighted by molar-refractivity contribution is 0.237. The predicted octanol–water partition coefficient (Wildman–Crippen LogP) is 1.97. The lowest BCUT2D eigenvalue weighted by Gasteiger charge is -2.31. The Balaban J connectivity index is 1.90. The molecule has 18 heavy (non-hydrogen) atoms. The molecule has 0 aromatic carbocycles. The van der Waals surface area contributed by atoms with Crippen molar-refractivity contribution in [3.8, 4) is 0 Å². The van der Waals surface area contributed by atoms with Crippen LogP contribution < -0.4 is 11.1 Å². The molecular formula is C15H31N3. The fraction of sp³-hybridized carbons (Fsp3) is 1.00.